The molecule has 0 atom stereocenters. The molecule has 0 unspecified atom stereocenters. The molecule has 0 amide bonds. The Bertz CT molecular complexity index is 236. The maximum absolute atomic E-state index is 4.00. The summed E-state index contributed by atoms with van der Waals surface area (Å²) in [7, 11) is 0. The van der Waals surface area contributed by atoms with Crippen molar-refractivity contribution in [3.8, 4) is 0 Å². The molecule has 0 bridgehead atoms. The second kappa shape index (κ2) is 22.9. The summed E-state index contributed by atoms with van der Waals surface area (Å²) >= 11 is 0. The lowest BCUT2D eigenvalue weighted by Crippen LogP contribution is -2.16. The van der Waals surface area contributed by atoms with E-state index in [0.29, 0.717) is 5.41 Å². The fraction of sp³-hybridized carbons (Fsp3) is 1.00. The summed E-state index contributed by atoms with van der Waals surface area (Å²) in [5.74, 6) is 8.00. The van der Waals surface area contributed by atoms with Gasteiger partial charge in [-0.05, 0) is 37.8 Å². The van der Waals surface area contributed by atoms with E-state index < -0.39 is 0 Å². The van der Waals surface area contributed by atoms with Gasteiger partial charge in [0.1, 0.15) is 0 Å². The largest absolute Gasteiger partial charge is 0.317 e. The Hall–Kier alpha value is -0.120. The first-order chi connectivity index (χ1) is 12.6. The van der Waals surface area contributed by atoms with Crippen LogP contribution in [-0.4, -0.2) is 13.1 Å². The van der Waals surface area contributed by atoms with E-state index in [9.17, 15) is 0 Å². The molecular weight excluding hydrogens is 318 g/mol. The minimum absolute atomic E-state index is 0.528. The highest BCUT2D eigenvalue weighted by molar-refractivity contribution is 4.61. The maximum Gasteiger partial charge on any atom is -0.00489 e. The normalized spacial score (nSPS) is 11.3. The minimum Gasteiger partial charge on any atom is -0.317 e. The van der Waals surface area contributed by atoms with E-state index >= 15 is 0 Å². The molecular formula is C23H53N3. The highest BCUT2D eigenvalue weighted by Gasteiger charge is 2.08. The second-order valence-electron chi connectivity index (χ2n) is 9.01. The van der Waals surface area contributed by atoms with E-state index in [-0.39, 0.29) is 0 Å². The van der Waals surface area contributed by atoms with E-state index in [1.54, 1.807) is 0 Å². The van der Waals surface area contributed by atoms with Crippen LogP contribution < -0.4 is 17.0 Å². The SMILES string of the molecule is CCCCCCCCCCNCCCCCCCCCC(C)(C)C.NN. The van der Waals surface area contributed by atoms with Gasteiger partial charge in [0, 0.05) is 0 Å². The Balaban J connectivity index is 0. The van der Waals surface area contributed by atoms with Gasteiger partial charge >= 0.3 is 0 Å². The topological polar surface area (TPSA) is 64.1 Å². The number of hydrogen-bond donors (Lipinski definition) is 3. The predicted octanol–water partition coefficient (Wildman–Crippen LogP) is 6.70. The molecule has 0 radical (unpaired) electrons. The van der Waals surface area contributed by atoms with Gasteiger partial charge in [0.05, 0.1) is 0 Å². The van der Waals surface area contributed by atoms with Gasteiger partial charge in [0.2, 0.25) is 0 Å². The summed E-state index contributed by atoms with van der Waals surface area (Å²) in [5, 5.41) is 3.62. The summed E-state index contributed by atoms with van der Waals surface area (Å²) < 4.78 is 0. The third-order valence-corrected chi connectivity index (χ3v) is 4.99. The third-order valence-electron chi connectivity index (χ3n) is 4.99. The van der Waals surface area contributed by atoms with Crippen molar-refractivity contribution in [1.82, 2.24) is 5.32 Å². The first-order valence-corrected chi connectivity index (χ1v) is 11.6. The van der Waals surface area contributed by atoms with E-state index in [2.05, 4.69) is 44.7 Å². The van der Waals surface area contributed by atoms with E-state index in [1.165, 1.54) is 116 Å². The number of rotatable bonds is 18. The van der Waals surface area contributed by atoms with Crippen molar-refractivity contribution in [3.05, 3.63) is 0 Å². The number of unbranched alkanes of at least 4 members (excludes halogenated alkanes) is 13. The molecule has 0 aliphatic heterocycles. The van der Waals surface area contributed by atoms with Crippen LogP contribution in [0.25, 0.3) is 0 Å². The molecule has 0 aromatic rings. The zero-order valence-corrected chi connectivity index (χ0v) is 18.9. The third kappa shape index (κ3) is 28.7. The zero-order valence-electron chi connectivity index (χ0n) is 18.9. The summed E-state index contributed by atoms with van der Waals surface area (Å²) in [6.45, 7) is 11.8. The fourth-order valence-electron chi connectivity index (χ4n) is 3.30. The Labute approximate surface area is 166 Å². The number of nitrogens with one attached hydrogen (secondary N) is 1. The molecule has 0 saturated carbocycles. The molecule has 0 aromatic carbocycles. The quantitative estimate of drug-likeness (QED) is 0.143. The predicted molar refractivity (Wildman–Crippen MR) is 120 cm³/mol. The molecule has 0 aliphatic carbocycles. The molecule has 160 valence electrons. The lowest BCUT2D eigenvalue weighted by molar-refractivity contribution is 0.356. The molecule has 0 rings (SSSR count). The van der Waals surface area contributed by atoms with Gasteiger partial charge in [0.25, 0.3) is 0 Å². The van der Waals surface area contributed by atoms with Gasteiger partial charge in [-0.1, -0.05) is 111 Å². The van der Waals surface area contributed by atoms with E-state index in [1.807, 2.05) is 0 Å². The highest BCUT2D eigenvalue weighted by Crippen LogP contribution is 2.22. The van der Waals surface area contributed by atoms with Crippen molar-refractivity contribution < 1.29 is 0 Å². The Morgan fingerprint density at radius 3 is 1.27 bits per heavy atom. The first kappa shape index (κ1) is 28.1. The van der Waals surface area contributed by atoms with Crippen LogP contribution in [0.15, 0.2) is 0 Å². The van der Waals surface area contributed by atoms with Gasteiger partial charge in [0.15, 0.2) is 0 Å². The number of nitrogens with two attached hydrogens (primary N) is 2. The first-order valence-electron chi connectivity index (χ1n) is 11.6. The fourth-order valence-corrected chi connectivity index (χ4v) is 3.30. The minimum atomic E-state index is 0.528. The van der Waals surface area contributed by atoms with Crippen LogP contribution in [-0.2, 0) is 0 Å². The summed E-state index contributed by atoms with van der Waals surface area (Å²) in [5.41, 5.74) is 0.528. The van der Waals surface area contributed by atoms with Crippen LogP contribution in [0.2, 0.25) is 0 Å². The average molecular weight is 372 g/mol. The van der Waals surface area contributed by atoms with Crippen LogP contribution >= 0.6 is 0 Å². The van der Waals surface area contributed by atoms with Gasteiger partial charge in [-0.15, -0.1) is 0 Å². The molecule has 26 heavy (non-hydrogen) atoms. The molecule has 0 spiro atoms. The number of hydrazine groups is 1. The standard InChI is InChI=1S/C23H49N.H4N2/c1-5-6-7-8-9-12-15-18-21-24-22-19-16-13-10-11-14-17-20-23(2,3)4;1-2/h24H,5-22H2,1-4H3;1-2H2. The van der Waals surface area contributed by atoms with Crippen molar-refractivity contribution in [1.29, 1.82) is 0 Å². The monoisotopic (exact) mass is 371 g/mol. The molecule has 0 saturated heterocycles. The van der Waals surface area contributed by atoms with E-state index in [0.717, 1.165) is 0 Å². The molecule has 5 N–H and O–H groups in total. The van der Waals surface area contributed by atoms with Crippen molar-refractivity contribution >= 4 is 0 Å². The smallest absolute Gasteiger partial charge is 0.00489 e. The van der Waals surface area contributed by atoms with Crippen LogP contribution in [0, 0.1) is 5.41 Å². The van der Waals surface area contributed by atoms with E-state index in [4.69, 9.17) is 0 Å². The van der Waals surface area contributed by atoms with Crippen LogP contribution in [0.3, 0.4) is 0 Å². The lowest BCUT2D eigenvalue weighted by atomic mass is 9.89. The molecule has 0 fully saturated rings. The van der Waals surface area contributed by atoms with Crippen molar-refractivity contribution in [3.63, 3.8) is 0 Å². The summed E-state index contributed by atoms with van der Waals surface area (Å²) in [4.78, 5) is 0. The van der Waals surface area contributed by atoms with Gasteiger partial charge in [-0.2, -0.15) is 0 Å². The van der Waals surface area contributed by atoms with Crippen molar-refractivity contribution in [2.75, 3.05) is 13.1 Å². The van der Waals surface area contributed by atoms with Gasteiger partial charge in [-0.25, -0.2) is 0 Å². The van der Waals surface area contributed by atoms with Crippen molar-refractivity contribution in [2.24, 2.45) is 17.1 Å². The molecule has 0 aromatic heterocycles. The molecule has 0 heterocycles. The summed E-state index contributed by atoms with van der Waals surface area (Å²) in [6.07, 6.45) is 22.8. The highest BCUT2D eigenvalue weighted by atomic mass is 15.0. The number of hydrogen-bond acceptors (Lipinski definition) is 3. The molecule has 3 nitrogen and oxygen atoms in total. The Morgan fingerprint density at radius 1 is 0.538 bits per heavy atom. The second-order valence-corrected chi connectivity index (χ2v) is 9.01. The summed E-state index contributed by atoms with van der Waals surface area (Å²) in [6, 6.07) is 0. The van der Waals surface area contributed by atoms with Crippen molar-refractivity contribution in [2.45, 2.75) is 130 Å². The molecule has 3 heteroatoms. The Morgan fingerprint density at radius 2 is 0.885 bits per heavy atom. The van der Waals surface area contributed by atoms with Crippen LogP contribution in [0.4, 0.5) is 0 Å². The van der Waals surface area contributed by atoms with Gasteiger partial charge in [-0.3, -0.25) is 11.7 Å². The lowest BCUT2D eigenvalue weighted by Gasteiger charge is -2.17. The Kier molecular flexibility index (Phi) is 24.8. The molecule has 0 aliphatic rings. The van der Waals surface area contributed by atoms with Gasteiger partial charge < -0.3 is 5.32 Å². The average Bonchev–Trinajstić information content (AvgIpc) is 2.61. The zero-order chi connectivity index (χ0) is 19.9. The van der Waals surface area contributed by atoms with Crippen LogP contribution in [0.1, 0.15) is 130 Å². The maximum atomic E-state index is 4.00. The van der Waals surface area contributed by atoms with Crippen LogP contribution in [0.5, 0.6) is 0 Å².